The van der Waals surface area contributed by atoms with Crippen LogP contribution in [0.25, 0.3) is 0 Å². The van der Waals surface area contributed by atoms with E-state index in [9.17, 15) is 0 Å². The van der Waals surface area contributed by atoms with Crippen molar-refractivity contribution in [2.24, 2.45) is 0 Å². The maximum absolute atomic E-state index is 5.74. The van der Waals surface area contributed by atoms with Crippen LogP contribution < -0.4 is 0 Å². The number of aryl methyl sites for hydroxylation is 1. The van der Waals surface area contributed by atoms with E-state index in [0.29, 0.717) is 6.42 Å². The SMILES string of the molecule is Cc1cnc(Cl)nc1Cc1ccccn1. The van der Waals surface area contributed by atoms with Crippen LogP contribution in [0, 0.1) is 6.92 Å². The van der Waals surface area contributed by atoms with Crippen molar-refractivity contribution < 1.29 is 0 Å². The van der Waals surface area contributed by atoms with E-state index < -0.39 is 0 Å². The summed E-state index contributed by atoms with van der Waals surface area (Å²) in [6.07, 6.45) is 4.19. The van der Waals surface area contributed by atoms with Crippen molar-refractivity contribution in [1.82, 2.24) is 15.0 Å². The Morgan fingerprint density at radius 2 is 2.13 bits per heavy atom. The minimum absolute atomic E-state index is 0.284. The Bertz CT molecular complexity index is 457. The maximum atomic E-state index is 5.74. The van der Waals surface area contributed by atoms with Crippen LogP contribution in [0.4, 0.5) is 0 Å². The van der Waals surface area contributed by atoms with Crippen LogP contribution in [0.5, 0.6) is 0 Å². The third-order valence-electron chi connectivity index (χ3n) is 2.12. The molecule has 2 aromatic rings. The Kier molecular flexibility index (Phi) is 2.92. The van der Waals surface area contributed by atoms with Crippen LogP contribution in [0.2, 0.25) is 5.28 Å². The summed E-state index contributed by atoms with van der Waals surface area (Å²) in [7, 11) is 0. The molecule has 3 nitrogen and oxygen atoms in total. The van der Waals surface area contributed by atoms with Crippen molar-refractivity contribution in [2.75, 3.05) is 0 Å². The molecule has 0 radical (unpaired) electrons. The molecule has 2 heterocycles. The summed E-state index contributed by atoms with van der Waals surface area (Å²) in [4.78, 5) is 12.3. The molecule has 0 fully saturated rings. The van der Waals surface area contributed by atoms with Gasteiger partial charge in [-0.15, -0.1) is 0 Å². The molecule has 0 spiro atoms. The van der Waals surface area contributed by atoms with E-state index in [0.717, 1.165) is 17.0 Å². The van der Waals surface area contributed by atoms with E-state index in [1.54, 1.807) is 12.4 Å². The van der Waals surface area contributed by atoms with Crippen molar-refractivity contribution in [3.05, 3.63) is 52.8 Å². The standard InChI is InChI=1S/C11H10ClN3/c1-8-7-14-11(12)15-10(8)6-9-4-2-3-5-13-9/h2-5,7H,6H2,1H3. The first-order valence-corrected chi connectivity index (χ1v) is 5.01. The fourth-order valence-electron chi connectivity index (χ4n) is 1.31. The number of halogens is 1. The highest BCUT2D eigenvalue weighted by atomic mass is 35.5. The Morgan fingerprint density at radius 1 is 1.27 bits per heavy atom. The van der Waals surface area contributed by atoms with E-state index in [1.807, 2.05) is 25.1 Å². The summed E-state index contributed by atoms with van der Waals surface area (Å²) in [5.41, 5.74) is 2.94. The smallest absolute Gasteiger partial charge is 0.222 e. The van der Waals surface area contributed by atoms with Crippen molar-refractivity contribution in [3.63, 3.8) is 0 Å². The average molecular weight is 220 g/mol. The lowest BCUT2D eigenvalue weighted by Crippen LogP contribution is -1.99. The molecule has 0 aliphatic heterocycles. The van der Waals surface area contributed by atoms with Crippen molar-refractivity contribution in [2.45, 2.75) is 13.3 Å². The van der Waals surface area contributed by atoms with Gasteiger partial charge in [-0.2, -0.15) is 0 Å². The van der Waals surface area contributed by atoms with Gasteiger partial charge in [-0.25, -0.2) is 9.97 Å². The Morgan fingerprint density at radius 3 is 2.87 bits per heavy atom. The summed E-state index contributed by atoms with van der Waals surface area (Å²) in [5.74, 6) is 0. The summed E-state index contributed by atoms with van der Waals surface area (Å²) >= 11 is 5.74. The van der Waals surface area contributed by atoms with Gasteiger partial charge in [0.05, 0.1) is 5.69 Å². The van der Waals surface area contributed by atoms with Crippen LogP contribution in [0.15, 0.2) is 30.6 Å². The van der Waals surface area contributed by atoms with Crippen molar-refractivity contribution in [3.8, 4) is 0 Å². The topological polar surface area (TPSA) is 38.7 Å². The second-order valence-corrected chi connectivity index (χ2v) is 3.60. The van der Waals surface area contributed by atoms with Crippen LogP contribution >= 0.6 is 11.6 Å². The van der Waals surface area contributed by atoms with E-state index in [1.165, 1.54) is 0 Å². The second kappa shape index (κ2) is 4.36. The summed E-state index contributed by atoms with van der Waals surface area (Å²) in [6, 6.07) is 5.82. The zero-order valence-electron chi connectivity index (χ0n) is 8.31. The minimum Gasteiger partial charge on any atom is -0.261 e. The summed E-state index contributed by atoms with van der Waals surface area (Å²) in [6.45, 7) is 1.97. The second-order valence-electron chi connectivity index (χ2n) is 3.27. The predicted molar refractivity (Wildman–Crippen MR) is 58.8 cm³/mol. The first-order valence-electron chi connectivity index (χ1n) is 4.63. The number of nitrogens with zero attached hydrogens (tertiary/aromatic N) is 3. The zero-order valence-corrected chi connectivity index (χ0v) is 9.07. The Labute approximate surface area is 93.2 Å². The molecule has 76 valence electrons. The molecule has 0 amide bonds. The summed E-state index contributed by atoms with van der Waals surface area (Å²) < 4.78 is 0. The van der Waals surface area contributed by atoms with Gasteiger partial charge in [0.15, 0.2) is 0 Å². The lowest BCUT2D eigenvalue weighted by atomic mass is 10.1. The third kappa shape index (κ3) is 2.50. The normalized spacial score (nSPS) is 10.3. The van der Waals surface area contributed by atoms with Gasteiger partial charge in [-0.05, 0) is 36.2 Å². The van der Waals surface area contributed by atoms with Gasteiger partial charge in [0.2, 0.25) is 5.28 Å². The molecule has 0 saturated carbocycles. The molecule has 2 aromatic heterocycles. The third-order valence-corrected chi connectivity index (χ3v) is 2.30. The lowest BCUT2D eigenvalue weighted by Gasteiger charge is -2.03. The summed E-state index contributed by atoms with van der Waals surface area (Å²) in [5, 5.41) is 0.284. The molecule has 0 N–H and O–H groups in total. The average Bonchev–Trinajstić information content (AvgIpc) is 2.25. The zero-order chi connectivity index (χ0) is 10.7. The largest absolute Gasteiger partial charge is 0.261 e. The molecule has 15 heavy (non-hydrogen) atoms. The molecule has 4 heteroatoms. The molecule has 2 rings (SSSR count). The van der Waals surface area contributed by atoms with Gasteiger partial charge in [0.1, 0.15) is 0 Å². The first kappa shape index (κ1) is 10.1. The van der Waals surface area contributed by atoms with Crippen molar-refractivity contribution in [1.29, 1.82) is 0 Å². The van der Waals surface area contributed by atoms with E-state index >= 15 is 0 Å². The van der Waals surface area contributed by atoms with Crippen LogP contribution in [-0.4, -0.2) is 15.0 Å². The highest BCUT2D eigenvalue weighted by molar-refractivity contribution is 6.28. The number of aromatic nitrogens is 3. The Hall–Kier alpha value is -1.48. The minimum atomic E-state index is 0.284. The van der Waals surface area contributed by atoms with E-state index in [-0.39, 0.29) is 5.28 Å². The van der Waals surface area contributed by atoms with Gasteiger partial charge in [0, 0.05) is 24.5 Å². The number of hydrogen-bond donors (Lipinski definition) is 0. The molecular weight excluding hydrogens is 210 g/mol. The number of pyridine rings is 1. The fraction of sp³-hybridized carbons (Fsp3) is 0.182. The maximum Gasteiger partial charge on any atom is 0.222 e. The molecule has 0 unspecified atom stereocenters. The Balaban J connectivity index is 2.28. The quantitative estimate of drug-likeness (QED) is 0.729. The molecule has 0 aliphatic rings. The monoisotopic (exact) mass is 219 g/mol. The van der Waals surface area contributed by atoms with Crippen LogP contribution in [-0.2, 0) is 6.42 Å². The van der Waals surface area contributed by atoms with Gasteiger partial charge >= 0.3 is 0 Å². The number of hydrogen-bond acceptors (Lipinski definition) is 3. The highest BCUT2D eigenvalue weighted by Crippen LogP contribution is 2.11. The molecule has 0 aromatic carbocycles. The first-order chi connectivity index (χ1) is 7.25. The van der Waals surface area contributed by atoms with Gasteiger partial charge in [0.25, 0.3) is 0 Å². The highest BCUT2D eigenvalue weighted by Gasteiger charge is 2.04. The lowest BCUT2D eigenvalue weighted by molar-refractivity contribution is 0.963. The number of rotatable bonds is 2. The molecule has 0 saturated heterocycles. The van der Waals surface area contributed by atoms with Crippen molar-refractivity contribution >= 4 is 11.6 Å². The van der Waals surface area contributed by atoms with E-state index in [2.05, 4.69) is 15.0 Å². The molecule has 0 atom stereocenters. The molecule has 0 bridgehead atoms. The molecule has 0 aliphatic carbocycles. The van der Waals surface area contributed by atoms with Gasteiger partial charge in [-0.1, -0.05) is 6.07 Å². The van der Waals surface area contributed by atoms with Crippen LogP contribution in [0.3, 0.4) is 0 Å². The fourth-order valence-corrected chi connectivity index (χ4v) is 1.46. The van der Waals surface area contributed by atoms with E-state index in [4.69, 9.17) is 11.6 Å². The van der Waals surface area contributed by atoms with Crippen LogP contribution in [0.1, 0.15) is 17.0 Å². The molecular formula is C11H10ClN3. The van der Waals surface area contributed by atoms with Gasteiger partial charge < -0.3 is 0 Å². The van der Waals surface area contributed by atoms with Gasteiger partial charge in [-0.3, -0.25) is 4.98 Å². The predicted octanol–water partition coefficient (Wildman–Crippen LogP) is 2.42.